The van der Waals surface area contributed by atoms with Crippen molar-refractivity contribution in [1.82, 2.24) is 0 Å². The average molecular weight is 186 g/mol. The maximum absolute atomic E-state index is 10.2. The van der Waals surface area contributed by atoms with E-state index < -0.39 is 11.9 Å². The second-order valence-electron chi connectivity index (χ2n) is 2.35. The van der Waals surface area contributed by atoms with Gasteiger partial charge < -0.3 is 14.9 Å². The Morgan fingerprint density at radius 2 is 1.31 bits per heavy atom. The van der Waals surface area contributed by atoms with Crippen LogP contribution in [0.3, 0.4) is 0 Å². The number of aliphatic carboxylic acids is 2. The minimum absolute atomic E-state index is 0.00515. The molecule has 0 aromatic carbocycles. The van der Waals surface area contributed by atoms with Crippen molar-refractivity contribution in [2.75, 3.05) is 0 Å². The third kappa shape index (κ3) is 4.62. The van der Waals surface area contributed by atoms with Gasteiger partial charge in [0.2, 0.25) is 0 Å². The van der Waals surface area contributed by atoms with E-state index in [9.17, 15) is 9.59 Å². The molecule has 0 aliphatic heterocycles. The van der Waals surface area contributed by atoms with Gasteiger partial charge in [0, 0.05) is 0 Å². The third-order valence-electron chi connectivity index (χ3n) is 1.16. The zero-order valence-corrected chi connectivity index (χ0v) is 7.27. The van der Waals surface area contributed by atoms with E-state index in [2.05, 4.69) is 4.74 Å². The average Bonchev–Trinajstić information content (AvgIpc) is 2.03. The first-order valence-corrected chi connectivity index (χ1v) is 3.40. The largest absolute Gasteiger partial charge is 0.478 e. The molecule has 0 aromatic rings. The van der Waals surface area contributed by atoms with Crippen LogP contribution in [0.2, 0.25) is 0 Å². The Bertz CT molecular complexity index is 246. The summed E-state index contributed by atoms with van der Waals surface area (Å²) < 4.78 is 4.59. The summed E-state index contributed by atoms with van der Waals surface area (Å²) in [6.07, 6.45) is 1.93. The molecule has 0 unspecified atom stereocenters. The van der Waals surface area contributed by atoms with Crippen LogP contribution in [0.5, 0.6) is 0 Å². The van der Waals surface area contributed by atoms with Crippen LogP contribution in [0.15, 0.2) is 23.7 Å². The Morgan fingerprint density at radius 1 is 1.00 bits per heavy atom. The molecule has 0 spiro atoms. The number of hydrogen-bond acceptors (Lipinski definition) is 3. The lowest BCUT2D eigenvalue weighted by Gasteiger charge is -1.94. The number of rotatable bonds is 4. The second kappa shape index (κ2) is 4.97. The highest BCUT2D eigenvalue weighted by molar-refractivity contribution is 5.86. The zero-order valence-electron chi connectivity index (χ0n) is 7.27. The Kier molecular flexibility index (Phi) is 4.29. The molecule has 0 aliphatic carbocycles. The normalized spacial score (nSPS) is 12.5. The van der Waals surface area contributed by atoms with Crippen LogP contribution < -0.4 is 0 Å². The standard InChI is InChI=1S/C8H10O5/c1-5(7(9)10)3-13-4-6(2)8(11)12/h3-4H,1-2H3,(H,9,10)(H,11,12). The van der Waals surface area contributed by atoms with Crippen molar-refractivity contribution in [2.45, 2.75) is 13.8 Å². The molecule has 0 fully saturated rings. The van der Waals surface area contributed by atoms with E-state index in [1.807, 2.05) is 0 Å². The Hall–Kier alpha value is -1.78. The molecule has 0 aliphatic rings. The first-order valence-electron chi connectivity index (χ1n) is 3.40. The molecule has 72 valence electrons. The minimum Gasteiger partial charge on any atom is -0.478 e. The fraction of sp³-hybridized carbons (Fsp3) is 0.250. The Balaban J connectivity index is 4.19. The molecule has 2 N–H and O–H groups in total. The van der Waals surface area contributed by atoms with E-state index in [0.717, 1.165) is 12.5 Å². The van der Waals surface area contributed by atoms with Crippen LogP contribution in [0, 0.1) is 0 Å². The molecular weight excluding hydrogens is 176 g/mol. The van der Waals surface area contributed by atoms with E-state index in [1.165, 1.54) is 13.8 Å². The quantitative estimate of drug-likeness (QED) is 0.505. The van der Waals surface area contributed by atoms with Gasteiger partial charge in [0.1, 0.15) is 12.5 Å². The Labute approximate surface area is 74.9 Å². The molecule has 0 bridgehead atoms. The van der Waals surface area contributed by atoms with Gasteiger partial charge in [-0.25, -0.2) is 9.59 Å². The van der Waals surface area contributed by atoms with Crippen molar-refractivity contribution in [3.63, 3.8) is 0 Å². The van der Waals surface area contributed by atoms with Gasteiger partial charge in [0.25, 0.3) is 0 Å². The smallest absolute Gasteiger partial charge is 0.334 e. The molecule has 0 saturated heterocycles. The summed E-state index contributed by atoms with van der Waals surface area (Å²) in [5, 5.41) is 16.7. The summed E-state index contributed by atoms with van der Waals surface area (Å²) in [5.74, 6) is -2.22. The topological polar surface area (TPSA) is 83.8 Å². The van der Waals surface area contributed by atoms with Crippen molar-refractivity contribution in [3.05, 3.63) is 23.7 Å². The summed E-state index contributed by atoms with van der Waals surface area (Å²) >= 11 is 0. The van der Waals surface area contributed by atoms with Crippen LogP contribution in [0.1, 0.15) is 13.8 Å². The molecule has 0 saturated carbocycles. The summed E-state index contributed by atoms with van der Waals surface area (Å²) in [7, 11) is 0. The molecular formula is C8H10O5. The highest BCUT2D eigenvalue weighted by atomic mass is 16.5. The number of carbonyl (C=O) groups is 2. The van der Waals surface area contributed by atoms with Gasteiger partial charge in [-0.1, -0.05) is 0 Å². The lowest BCUT2D eigenvalue weighted by atomic mass is 10.3. The predicted octanol–water partition coefficient (Wildman–Crippen LogP) is 0.980. The summed E-state index contributed by atoms with van der Waals surface area (Å²) in [6.45, 7) is 2.68. The first-order chi connectivity index (χ1) is 5.95. The SMILES string of the molecule is CC(=COC=C(C)C(=O)O)C(=O)O. The van der Waals surface area contributed by atoms with E-state index in [0.29, 0.717) is 0 Å². The van der Waals surface area contributed by atoms with E-state index in [1.54, 1.807) is 0 Å². The fourth-order valence-corrected chi connectivity index (χ4v) is 0.339. The molecule has 0 aromatic heterocycles. The van der Waals surface area contributed by atoms with Crippen LogP contribution in [-0.4, -0.2) is 22.2 Å². The van der Waals surface area contributed by atoms with Crippen LogP contribution >= 0.6 is 0 Å². The number of hydrogen-bond donors (Lipinski definition) is 2. The molecule has 5 heteroatoms. The maximum atomic E-state index is 10.2. The van der Waals surface area contributed by atoms with Gasteiger partial charge in [-0.3, -0.25) is 0 Å². The maximum Gasteiger partial charge on any atom is 0.334 e. The van der Waals surface area contributed by atoms with Crippen LogP contribution in [0.4, 0.5) is 0 Å². The van der Waals surface area contributed by atoms with Crippen molar-refractivity contribution >= 4 is 11.9 Å². The van der Waals surface area contributed by atoms with Gasteiger partial charge in [0.15, 0.2) is 0 Å². The van der Waals surface area contributed by atoms with Gasteiger partial charge in [0.05, 0.1) is 11.1 Å². The lowest BCUT2D eigenvalue weighted by molar-refractivity contribution is -0.133. The number of carboxylic acid groups (broad SMARTS) is 2. The van der Waals surface area contributed by atoms with Gasteiger partial charge in [-0.15, -0.1) is 0 Å². The molecule has 0 atom stereocenters. The van der Waals surface area contributed by atoms with Crippen molar-refractivity contribution in [2.24, 2.45) is 0 Å². The van der Waals surface area contributed by atoms with Gasteiger partial charge >= 0.3 is 11.9 Å². The molecule has 0 radical (unpaired) electrons. The Morgan fingerprint density at radius 3 is 1.54 bits per heavy atom. The lowest BCUT2D eigenvalue weighted by Crippen LogP contribution is -1.98. The van der Waals surface area contributed by atoms with E-state index >= 15 is 0 Å². The highest BCUT2D eigenvalue weighted by Crippen LogP contribution is 1.97. The molecule has 13 heavy (non-hydrogen) atoms. The van der Waals surface area contributed by atoms with E-state index in [-0.39, 0.29) is 11.1 Å². The summed E-state index contributed by atoms with van der Waals surface area (Å²) in [6, 6.07) is 0. The van der Waals surface area contributed by atoms with Crippen molar-refractivity contribution < 1.29 is 24.5 Å². The summed E-state index contributed by atoms with van der Waals surface area (Å²) in [4.78, 5) is 20.4. The second-order valence-corrected chi connectivity index (χ2v) is 2.35. The van der Waals surface area contributed by atoms with Crippen molar-refractivity contribution in [1.29, 1.82) is 0 Å². The van der Waals surface area contributed by atoms with Gasteiger partial charge in [-0.05, 0) is 13.8 Å². The molecule has 5 nitrogen and oxygen atoms in total. The first kappa shape index (κ1) is 11.2. The predicted molar refractivity (Wildman–Crippen MR) is 43.9 cm³/mol. The van der Waals surface area contributed by atoms with Gasteiger partial charge in [-0.2, -0.15) is 0 Å². The van der Waals surface area contributed by atoms with Crippen LogP contribution in [-0.2, 0) is 14.3 Å². The monoisotopic (exact) mass is 186 g/mol. The van der Waals surface area contributed by atoms with E-state index in [4.69, 9.17) is 10.2 Å². The summed E-state index contributed by atoms with van der Waals surface area (Å²) in [5.41, 5.74) is -0.0103. The highest BCUT2D eigenvalue weighted by Gasteiger charge is 2.00. The molecule has 0 amide bonds. The molecule has 0 rings (SSSR count). The molecule has 0 heterocycles. The fourth-order valence-electron chi connectivity index (χ4n) is 0.339. The number of carboxylic acids is 2. The number of ether oxygens (including phenoxy) is 1. The minimum atomic E-state index is -1.11. The van der Waals surface area contributed by atoms with Crippen LogP contribution in [0.25, 0.3) is 0 Å². The van der Waals surface area contributed by atoms with Crippen molar-refractivity contribution in [3.8, 4) is 0 Å². The zero-order chi connectivity index (χ0) is 10.4. The third-order valence-corrected chi connectivity index (χ3v) is 1.16.